The minimum Gasteiger partial charge on any atom is -0.496 e. The van der Waals surface area contributed by atoms with Gasteiger partial charge in [0.05, 0.1) is 19.8 Å². The number of carbonyl (C=O) groups is 1. The molecule has 4 heteroatoms. The van der Waals surface area contributed by atoms with Crippen LogP contribution in [0.1, 0.15) is 34.8 Å². The van der Waals surface area contributed by atoms with Gasteiger partial charge in [0.25, 0.3) is 0 Å². The molecule has 2 N–H and O–H groups in total. The Hall–Kier alpha value is -1.39. The third kappa shape index (κ3) is 2.26. The molecule has 0 aromatic heterocycles. The van der Waals surface area contributed by atoms with Crippen molar-refractivity contribution in [2.75, 3.05) is 13.7 Å². The summed E-state index contributed by atoms with van der Waals surface area (Å²) in [5, 5.41) is 0. The number of ether oxygens (including phenoxy) is 2. The Balaban J connectivity index is 2.45. The molecule has 2 rings (SSSR count). The van der Waals surface area contributed by atoms with Crippen LogP contribution < -0.4 is 10.5 Å². The maximum Gasteiger partial charge on any atom is 0.179 e. The van der Waals surface area contributed by atoms with Crippen LogP contribution in [0, 0.1) is 0 Å². The molecule has 1 aliphatic rings. The van der Waals surface area contributed by atoms with Gasteiger partial charge in [0, 0.05) is 17.7 Å². The summed E-state index contributed by atoms with van der Waals surface area (Å²) < 4.78 is 10.8. The molecule has 1 unspecified atom stereocenters. The van der Waals surface area contributed by atoms with Crippen LogP contribution in [0.4, 0.5) is 0 Å². The van der Waals surface area contributed by atoms with E-state index in [0.29, 0.717) is 19.6 Å². The van der Waals surface area contributed by atoms with Crippen molar-refractivity contribution in [3.05, 3.63) is 28.8 Å². The van der Waals surface area contributed by atoms with Crippen molar-refractivity contribution in [3.8, 4) is 5.75 Å². The number of hydrogen-bond acceptors (Lipinski definition) is 4. The standard InChI is InChI=1S/C14H19NO3/c1-3-18-8-11-9-4-6-12(15)14(16)10(9)5-7-13(11)17-2/h5,7,12H,3-4,6,8,15H2,1-2H3. The van der Waals surface area contributed by atoms with Crippen molar-refractivity contribution in [1.82, 2.24) is 0 Å². The molecule has 1 atom stereocenters. The highest BCUT2D eigenvalue weighted by molar-refractivity contribution is 6.02. The van der Waals surface area contributed by atoms with Gasteiger partial charge >= 0.3 is 0 Å². The molecule has 0 radical (unpaired) electrons. The Morgan fingerprint density at radius 3 is 2.89 bits per heavy atom. The van der Waals surface area contributed by atoms with E-state index < -0.39 is 0 Å². The monoisotopic (exact) mass is 249 g/mol. The summed E-state index contributed by atoms with van der Waals surface area (Å²) in [6.45, 7) is 3.06. The van der Waals surface area contributed by atoms with Crippen LogP contribution in [0.25, 0.3) is 0 Å². The molecule has 0 saturated carbocycles. The summed E-state index contributed by atoms with van der Waals surface area (Å²) in [5.41, 5.74) is 8.55. The lowest BCUT2D eigenvalue weighted by Gasteiger charge is -2.24. The van der Waals surface area contributed by atoms with Crippen molar-refractivity contribution >= 4 is 5.78 Å². The first kappa shape index (κ1) is 13.1. The van der Waals surface area contributed by atoms with Gasteiger partial charge in [-0.2, -0.15) is 0 Å². The number of hydrogen-bond donors (Lipinski definition) is 1. The Bertz CT molecular complexity index is 457. The third-order valence-corrected chi connectivity index (χ3v) is 3.37. The third-order valence-electron chi connectivity index (χ3n) is 3.37. The van der Waals surface area contributed by atoms with E-state index in [1.54, 1.807) is 7.11 Å². The van der Waals surface area contributed by atoms with Crippen LogP contribution in [0.5, 0.6) is 5.75 Å². The van der Waals surface area contributed by atoms with Crippen LogP contribution in [0.2, 0.25) is 0 Å². The lowest BCUT2D eigenvalue weighted by Crippen LogP contribution is -2.35. The number of ketones is 1. The summed E-state index contributed by atoms with van der Waals surface area (Å²) in [6, 6.07) is 3.26. The average Bonchev–Trinajstić information content (AvgIpc) is 2.40. The van der Waals surface area contributed by atoms with Crippen molar-refractivity contribution in [2.24, 2.45) is 5.73 Å². The topological polar surface area (TPSA) is 61.6 Å². The van der Waals surface area contributed by atoms with Crippen LogP contribution in [0.3, 0.4) is 0 Å². The van der Waals surface area contributed by atoms with Crippen LogP contribution in [-0.4, -0.2) is 25.5 Å². The zero-order chi connectivity index (χ0) is 13.1. The Morgan fingerprint density at radius 2 is 2.22 bits per heavy atom. The minimum atomic E-state index is -0.370. The summed E-state index contributed by atoms with van der Waals surface area (Å²) in [4.78, 5) is 12.0. The molecule has 18 heavy (non-hydrogen) atoms. The zero-order valence-corrected chi connectivity index (χ0v) is 10.9. The van der Waals surface area contributed by atoms with Gasteiger partial charge in [-0.15, -0.1) is 0 Å². The first-order valence-corrected chi connectivity index (χ1v) is 6.25. The van der Waals surface area contributed by atoms with E-state index in [4.69, 9.17) is 15.2 Å². The molecule has 1 aliphatic carbocycles. The SMILES string of the molecule is CCOCc1c(OC)ccc2c1CCC(N)C2=O. The van der Waals surface area contributed by atoms with Gasteiger partial charge in [0.15, 0.2) is 5.78 Å². The van der Waals surface area contributed by atoms with E-state index in [1.165, 1.54) is 0 Å². The van der Waals surface area contributed by atoms with Gasteiger partial charge < -0.3 is 15.2 Å². The molecule has 0 fully saturated rings. The van der Waals surface area contributed by atoms with E-state index in [2.05, 4.69) is 0 Å². The number of rotatable bonds is 4. The molecule has 0 amide bonds. The molecule has 0 saturated heterocycles. The second-order valence-electron chi connectivity index (χ2n) is 4.42. The Morgan fingerprint density at radius 1 is 1.44 bits per heavy atom. The lowest BCUT2D eigenvalue weighted by atomic mass is 9.84. The largest absolute Gasteiger partial charge is 0.496 e. The Kier molecular flexibility index (Phi) is 3.99. The molecule has 1 aromatic carbocycles. The van der Waals surface area contributed by atoms with E-state index in [1.807, 2.05) is 19.1 Å². The Labute approximate surface area is 107 Å². The van der Waals surface area contributed by atoms with Gasteiger partial charge in [0.2, 0.25) is 0 Å². The number of carbonyl (C=O) groups excluding carboxylic acids is 1. The van der Waals surface area contributed by atoms with Gasteiger partial charge in [0.1, 0.15) is 5.75 Å². The van der Waals surface area contributed by atoms with E-state index >= 15 is 0 Å². The maximum absolute atomic E-state index is 12.0. The van der Waals surface area contributed by atoms with Gasteiger partial charge in [-0.3, -0.25) is 4.79 Å². The van der Waals surface area contributed by atoms with E-state index in [0.717, 1.165) is 28.9 Å². The molecular weight excluding hydrogens is 230 g/mol. The molecule has 0 bridgehead atoms. The fourth-order valence-corrected chi connectivity index (χ4v) is 2.37. The highest BCUT2D eigenvalue weighted by Gasteiger charge is 2.27. The van der Waals surface area contributed by atoms with Gasteiger partial charge in [-0.25, -0.2) is 0 Å². The highest BCUT2D eigenvalue weighted by Crippen LogP contribution is 2.31. The van der Waals surface area contributed by atoms with Gasteiger partial charge in [-0.1, -0.05) is 0 Å². The second kappa shape index (κ2) is 5.50. The molecule has 98 valence electrons. The van der Waals surface area contributed by atoms with Crippen molar-refractivity contribution in [2.45, 2.75) is 32.4 Å². The molecule has 0 aliphatic heterocycles. The van der Waals surface area contributed by atoms with E-state index in [9.17, 15) is 4.79 Å². The summed E-state index contributed by atoms with van der Waals surface area (Å²) >= 11 is 0. The minimum absolute atomic E-state index is 0.0247. The van der Waals surface area contributed by atoms with Crippen molar-refractivity contribution in [1.29, 1.82) is 0 Å². The first-order valence-electron chi connectivity index (χ1n) is 6.25. The van der Waals surface area contributed by atoms with Crippen LogP contribution in [-0.2, 0) is 17.8 Å². The quantitative estimate of drug-likeness (QED) is 0.882. The fraction of sp³-hybridized carbons (Fsp3) is 0.500. The molecule has 0 heterocycles. The first-order chi connectivity index (χ1) is 8.69. The smallest absolute Gasteiger partial charge is 0.179 e. The average molecular weight is 249 g/mol. The molecular formula is C14H19NO3. The number of methoxy groups -OCH3 is 1. The fourth-order valence-electron chi connectivity index (χ4n) is 2.37. The lowest BCUT2D eigenvalue weighted by molar-refractivity contribution is 0.0946. The van der Waals surface area contributed by atoms with Crippen LogP contribution in [0.15, 0.2) is 12.1 Å². The van der Waals surface area contributed by atoms with Crippen molar-refractivity contribution in [3.63, 3.8) is 0 Å². The van der Waals surface area contributed by atoms with E-state index in [-0.39, 0.29) is 11.8 Å². The number of Topliss-reactive ketones (excluding diaryl/α,β-unsaturated/α-hetero) is 1. The molecule has 1 aromatic rings. The predicted octanol–water partition coefficient (Wildman–Crippen LogP) is 1.69. The highest BCUT2D eigenvalue weighted by atomic mass is 16.5. The normalized spacial score (nSPS) is 18.6. The second-order valence-corrected chi connectivity index (χ2v) is 4.42. The summed E-state index contributed by atoms with van der Waals surface area (Å²) in [5.74, 6) is 0.808. The molecule has 4 nitrogen and oxygen atoms in total. The molecule has 0 spiro atoms. The van der Waals surface area contributed by atoms with Gasteiger partial charge in [-0.05, 0) is 37.5 Å². The predicted molar refractivity (Wildman–Crippen MR) is 69.0 cm³/mol. The maximum atomic E-state index is 12.0. The summed E-state index contributed by atoms with van der Waals surface area (Å²) in [7, 11) is 1.63. The number of fused-ring (bicyclic) bond motifs is 1. The van der Waals surface area contributed by atoms with Crippen LogP contribution >= 0.6 is 0 Å². The number of benzene rings is 1. The summed E-state index contributed by atoms with van der Waals surface area (Å²) in [6.07, 6.45) is 1.50. The zero-order valence-electron chi connectivity index (χ0n) is 10.9. The number of nitrogens with two attached hydrogens (primary N) is 1. The van der Waals surface area contributed by atoms with Crippen molar-refractivity contribution < 1.29 is 14.3 Å².